The number of likely N-dealkylation sites (tertiary alicyclic amines) is 1. The smallest absolute Gasteiger partial charge is 0.314 e. The van der Waals surface area contributed by atoms with E-state index in [-0.39, 0.29) is 34.8 Å². The fourth-order valence-corrected chi connectivity index (χ4v) is 6.19. The first kappa shape index (κ1) is 26.4. The number of carbonyl (C=O) groups excluding carboxylic acids is 4. The first-order chi connectivity index (χ1) is 17.1. The Hall–Kier alpha value is -2.70. The van der Waals surface area contributed by atoms with Crippen LogP contribution in [0.5, 0.6) is 0 Å². The van der Waals surface area contributed by atoms with Gasteiger partial charge in [-0.2, -0.15) is 0 Å². The number of nitrogens with zero attached hydrogens (tertiary/aromatic N) is 4. The van der Waals surface area contributed by atoms with Crippen molar-refractivity contribution in [3.05, 3.63) is 23.4 Å². The van der Waals surface area contributed by atoms with Crippen molar-refractivity contribution in [3.63, 3.8) is 0 Å². The first-order valence-electron chi connectivity index (χ1n) is 11.8. The Bertz CT molecular complexity index is 1070. The van der Waals surface area contributed by atoms with Gasteiger partial charge in [0, 0.05) is 50.6 Å². The van der Waals surface area contributed by atoms with Gasteiger partial charge in [0.25, 0.3) is 5.91 Å². The second-order valence-electron chi connectivity index (χ2n) is 9.60. The number of hydrogen-bond acceptors (Lipinski definition) is 8. The summed E-state index contributed by atoms with van der Waals surface area (Å²) >= 11 is 7.27. The standard InChI is InChI=1S/C23H30ClN7O4S/c1-30(2)23(35)12-4-6-14(26-19(32)20(33)29-18-7-5-13(24)9-25-18)15(8-12)27-21(34)22-28-16-10-31(3)11-17(16)36-22/h5,7,9,12,14-17H,4,6,8,10-11H2,1-3H3,(H,26,32)(H,27,34)(H,25,29,33)/t12-,14-,15+,16?,17?/m0/s1. The highest BCUT2D eigenvalue weighted by Gasteiger charge is 2.41. The van der Waals surface area contributed by atoms with Crippen molar-refractivity contribution < 1.29 is 19.2 Å². The summed E-state index contributed by atoms with van der Waals surface area (Å²) in [5, 5.41) is 9.24. The number of aromatic nitrogens is 1. The molecule has 3 heterocycles. The van der Waals surface area contributed by atoms with Gasteiger partial charge in [-0.15, -0.1) is 0 Å². The lowest BCUT2D eigenvalue weighted by atomic mass is 9.81. The molecule has 4 rings (SSSR count). The van der Waals surface area contributed by atoms with Crippen LogP contribution < -0.4 is 16.0 Å². The van der Waals surface area contributed by atoms with Crippen LogP contribution in [-0.2, 0) is 19.2 Å². The first-order valence-corrected chi connectivity index (χ1v) is 13.0. The van der Waals surface area contributed by atoms with E-state index in [1.54, 1.807) is 20.2 Å². The van der Waals surface area contributed by atoms with Gasteiger partial charge in [0.05, 0.1) is 17.1 Å². The summed E-state index contributed by atoms with van der Waals surface area (Å²) in [6.07, 6.45) is 2.67. The second-order valence-corrected chi connectivity index (χ2v) is 11.3. The lowest BCUT2D eigenvalue weighted by Crippen LogP contribution is -2.57. The Morgan fingerprint density at radius 3 is 2.53 bits per heavy atom. The number of fused-ring (bicyclic) bond motifs is 1. The van der Waals surface area contributed by atoms with Gasteiger partial charge in [-0.05, 0) is 38.4 Å². The Balaban J connectivity index is 1.42. The highest BCUT2D eigenvalue weighted by atomic mass is 35.5. The van der Waals surface area contributed by atoms with Gasteiger partial charge in [-0.1, -0.05) is 23.4 Å². The number of rotatable bonds is 5. The topological polar surface area (TPSA) is 136 Å². The highest BCUT2D eigenvalue weighted by molar-refractivity contribution is 8.16. The quantitative estimate of drug-likeness (QED) is 0.463. The Morgan fingerprint density at radius 1 is 1.08 bits per heavy atom. The average molecular weight is 536 g/mol. The molecule has 2 unspecified atom stereocenters. The molecule has 3 aliphatic rings. The van der Waals surface area contributed by atoms with Crippen molar-refractivity contribution in [1.82, 2.24) is 25.4 Å². The normalized spacial score (nSPS) is 27.6. The highest BCUT2D eigenvalue weighted by Crippen LogP contribution is 2.33. The molecule has 3 N–H and O–H groups in total. The SMILES string of the molecule is CN1CC2N=C(C(=O)N[C@@H]3C[C@@H](C(=O)N(C)C)CC[C@@H]3NC(=O)C(=O)Nc3ccc(Cl)cn3)SC2C1. The minimum atomic E-state index is -0.881. The van der Waals surface area contributed by atoms with Gasteiger partial charge < -0.3 is 25.8 Å². The molecule has 2 aliphatic heterocycles. The van der Waals surface area contributed by atoms with Crippen LogP contribution >= 0.6 is 23.4 Å². The molecule has 2 fully saturated rings. The fraction of sp³-hybridized carbons (Fsp3) is 0.565. The second kappa shape index (κ2) is 11.1. The molecular weight excluding hydrogens is 506 g/mol. The van der Waals surface area contributed by atoms with Gasteiger partial charge in [0.2, 0.25) is 5.91 Å². The van der Waals surface area contributed by atoms with Crippen LogP contribution in [-0.4, -0.2) is 101 Å². The van der Waals surface area contributed by atoms with Gasteiger partial charge >= 0.3 is 11.8 Å². The third-order valence-electron chi connectivity index (χ3n) is 6.61. The molecule has 5 atom stereocenters. The van der Waals surface area contributed by atoms with E-state index in [9.17, 15) is 19.2 Å². The fourth-order valence-electron chi connectivity index (χ4n) is 4.80. The summed E-state index contributed by atoms with van der Waals surface area (Å²) in [5.74, 6) is -2.17. The molecule has 0 spiro atoms. The van der Waals surface area contributed by atoms with Crippen molar-refractivity contribution >= 4 is 57.9 Å². The molecule has 11 nitrogen and oxygen atoms in total. The summed E-state index contributed by atoms with van der Waals surface area (Å²) in [6, 6.07) is 2.08. The van der Waals surface area contributed by atoms with Crippen molar-refractivity contribution in [2.75, 3.05) is 39.5 Å². The zero-order chi connectivity index (χ0) is 26.0. The predicted molar refractivity (Wildman–Crippen MR) is 138 cm³/mol. The molecule has 36 heavy (non-hydrogen) atoms. The van der Waals surface area contributed by atoms with Gasteiger partial charge in [-0.3, -0.25) is 24.2 Å². The number of thioether (sulfide) groups is 1. The van der Waals surface area contributed by atoms with Gasteiger partial charge in [-0.25, -0.2) is 4.98 Å². The van der Waals surface area contributed by atoms with Crippen LogP contribution in [0, 0.1) is 5.92 Å². The number of anilines is 1. The van der Waals surface area contributed by atoms with Crippen molar-refractivity contribution in [1.29, 1.82) is 0 Å². The van der Waals surface area contributed by atoms with E-state index in [0.717, 1.165) is 13.1 Å². The number of hydrogen-bond donors (Lipinski definition) is 3. The molecule has 0 bridgehead atoms. The minimum absolute atomic E-state index is 0.0317. The van der Waals surface area contributed by atoms with Crippen LogP contribution in [0.4, 0.5) is 5.82 Å². The zero-order valence-corrected chi connectivity index (χ0v) is 21.9. The third kappa shape index (κ3) is 6.16. The van der Waals surface area contributed by atoms with Crippen LogP contribution in [0.15, 0.2) is 23.3 Å². The number of halogens is 1. The van der Waals surface area contributed by atoms with E-state index in [4.69, 9.17) is 11.6 Å². The number of likely N-dealkylation sites (N-methyl/N-ethyl adjacent to an activating group) is 1. The summed E-state index contributed by atoms with van der Waals surface area (Å²) in [6.45, 7) is 1.68. The molecule has 0 radical (unpaired) electrons. The largest absolute Gasteiger partial charge is 0.349 e. The molecule has 4 amide bonds. The number of amides is 4. The van der Waals surface area contributed by atoms with Gasteiger partial charge in [0.1, 0.15) is 5.82 Å². The number of pyridine rings is 1. The predicted octanol–water partition coefficient (Wildman–Crippen LogP) is 0.359. The van der Waals surface area contributed by atoms with Crippen LogP contribution in [0.25, 0.3) is 0 Å². The Labute approximate surface area is 218 Å². The van der Waals surface area contributed by atoms with Crippen molar-refractivity contribution in [3.8, 4) is 0 Å². The summed E-state index contributed by atoms with van der Waals surface area (Å²) < 4.78 is 0. The number of aliphatic imine (C=N–C) groups is 1. The van der Waals surface area contributed by atoms with Crippen LogP contribution in [0.3, 0.4) is 0 Å². The van der Waals surface area contributed by atoms with E-state index in [0.29, 0.717) is 29.3 Å². The lowest BCUT2D eigenvalue weighted by molar-refractivity contribution is -0.138. The number of nitrogens with one attached hydrogen (secondary N) is 3. The third-order valence-corrected chi connectivity index (χ3v) is 8.11. The van der Waals surface area contributed by atoms with E-state index >= 15 is 0 Å². The van der Waals surface area contributed by atoms with E-state index in [1.807, 2.05) is 7.05 Å². The molecule has 1 saturated heterocycles. The summed E-state index contributed by atoms with van der Waals surface area (Å²) in [5.41, 5.74) is 0. The molecule has 1 saturated carbocycles. The lowest BCUT2D eigenvalue weighted by Gasteiger charge is -2.37. The molecule has 1 aromatic heterocycles. The average Bonchev–Trinajstić information content (AvgIpc) is 3.38. The molecule has 1 aromatic rings. The van der Waals surface area contributed by atoms with Crippen LogP contribution in [0.1, 0.15) is 19.3 Å². The van der Waals surface area contributed by atoms with Crippen molar-refractivity contribution in [2.24, 2.45) is 10.9 Å². The maximum Gasteiger partial charge on any atom is 0.314 e. The van der Waals surface area contributed by atoms with E-state index < -0.39 is 23.9 Å². The Morgan fingerprint density at radius 2 is 1.86 bits per heavy atom. The van der Waals surface area contributed by atoms with Crippen LogP contribution in [0.2, 0.25) is 5.02 Å². The number of carbonyl (C=O) groups is 4. The molecule has 1 aliphatic carbocycles. The maximum atomic E-state index is 13.1. The van der Waals surface area contributed by atoms with E-state index in [1.165, 1.54) is 28.9 Å². The monoisotopic (exact) mass is 535 g/mol. The zero-order valence-electron chi connectivity index (χ0n) is 20.4. The summed E-state index contributed by atoms with van der Waals surface area (Å²) in [7, 11) is 5.42. The molecular formula is C23H30ClN7O4S. The Kier molecular flexibility index (Phi) is 8.16. The maximum absolute atomic E-state index is 13.1. The molecule has 0 aromatic carbocycles. The van der Waals surface area contributed by atoms with Gasteiger partial charge in [0.15, 0.2) is 5.04 Å². The molecule has 13 heteroatoms. The van der Waals surface area contributed by atoms with Crippen molar-refractivity contribution in [2.45, 2.75) is 42.6 Å². The van der Waals surface area contributed by atoms with E-state index in [2.05, 4.69) is 30.8 Å². The molecule has 194 valence electrons. The summed E-state index contributed by atoms with van der Waals surface area (Å²) in [4.78, 5) is 63.1. The minimum Gasteiger partial charge on any atom is -0.349 e.